The number of nitrogens with one attached hydrogen (secondary N) is 1. The average molecular weight is 490 g/mol. The maximum atomic E-state index is 13.5. The molecule has 9 nitrogen and oxygen atoms in total. The van der Waals surface area contributed by atoms with Crippen molar-refractivity contribution < 1.29 is 28.6 Å². The molecule has 194 valence electrons. The number of fused-ring (bicyclic) bond motifs is 1. The van der Waals surface area contributed by atoms with Gasteiger partial charge in [-0.2, -0.15) is 0 Å². The van der Waals surface area contributed by atoms with Crippen LogP contribution in [0.25, 0.3) is 11.0 Å². The summed E-state index contributed by atoms with van der Waals surface area (Å²) in [5, 5.41) is 0. The Bertz CT molecular complexity index is 1020. The van der Waals surface area contributed by atoms with Gasteiger partial charge in [0.1, 0.15) is 12.2 Å². The Morgan fingerprint density at radius 1 is 0.971 bits per heavy atom. The number of aromatic nitrogens is 2. The lowest BCUT2D eigenvalue weighted by Crippen LogP contribution is -2.61. The highest BCUT2D eigenvalue weighted by atomic mass is 16.6. The molecule has 0 spiro atoms. The summed E-state index contributed by atoms with van der Waals surface area (Å²) in [5.74, 6) is -1.75. The van der Waals surface area contributed by atoms with Crippen LogP contribution in [0.5, 0.6) is 0 Å². The Balaban J connectivity index is 2.35. The minimum absolute atomic E-state index is 0.0696. The number of H-pyrrole nitrogens is 1. The average Bonchev–Trinajstić information content (AvgIpc) is 3.23. The quantitative estimate of drug-likeness (QED) is 0.265. The largest absolute Gasteiger partial charge is 0.464 e. The van der Waals surface area contributed by atoms with E-state index in [0.717, 1.165) is 12.8 Å². The van der Waals surface area contributed by atoms with Gasteiger partial charge < -0.3 is 19.2 Å². The molecule has 2 rings (SSSR count). The molecule has 1 atom stereocenters. The summed E-state index contributed by atoms with van der Waals surface area (Å²) in [6.07, 6.45) is 1.77. The van der Waals surface area contributed by atoms with E-state index in [4.69, 9.17) is 14.2 Å². The highest BCUT2D eigenvalue weighted by Gasteiger charge is 2.52. The Labute approximate surface area is 207 Å². The SMILES string of the molecule is CCCN(CCC)C(CC)(C(=O)OCC)C(=O)OCc1cccc2[nH]c(C(=O)OC(C)(C)C)nc12. The number of benzene rings is 1. The number of ether oxygens (including phenoxy) is 3. The second kappa shape index (κ2) is 12.2. The molecule has 0 saturated carbocycles. The minimum Gasteiger partial charge on any atom is -0.464 e. The zero-order valence-electron chi connectivity index (χ0n) is 22.0. The van der Waals surface area contributed by atoms with Crippen molar-refractivity contribution in [1.29, 1.82) is 0 Å². The number of rotatable bonds is 12. The van der Waals surface area contributed by atoms with E-state index in [0.29, 0.717) is 29.7 Å². The summed E-state index contributed by atoms with van der Waals surface area (Å²) in [4.78, 5) is 48.3. The zero-order valence-corrected chi connectivity index (χ0v) is 22.0. The lowest BCUT2D eigenvalue weighted by molar-refractivity contribution is -0.177. The monoisotopic (exact) mass is 489 g/mol. The molecule has 0 aliphatic carbocycles. The molecule has 0 radical (unpaired) electrons. The van der Waals surface area contributed by atoms with E-state index in [1.807, 2.05) is 18.7 Å². The van der Waals surface area contributed by atoms with Crippen LogP contribution in [0.4, 0.5) is 0 Å². The summed E-state index contributed by atoms with van der Waals surface area (Å²) in [5.41, 5.74) is -0.464. The van der Waals surface area contributed by atoms with Crippen LogP contribution in [0, 0.1) is 0 Å². The van der Waals surface area contributed by atoms with Crippen molar-refractivity contribution >= 4 is 28.9 Å². The van der Waals surface area contributed by atoms with Gasteiger partial charge in [-0.1, -0.05) is 32.9 Å². The first-order valence-corrected chi connectivity index (χ1v) is 12.3. The van der Waals surface area contributed by atoms with E-state index in [1.54, 1.807) is 52.8 Å². The van der Waals surface area contributed by atoms with Crippen molar-refractivity contribution in [2.45, 2.75) is 85.5 Å². The number of para-hydroxylation sites is 1. The van der Waals surface area contributed by atoms with Crippen LogP contribution in [0.3, 0.4) is 0 Å². The third kappa shape index (κ3) is 6.60. The van der Waals surface area contributed by atoms with Crippen LogP contribution < -0.4 is 0 Å². The molecule has 1 heterocycles. The fraction of sp³-hybridized carbons (Fsp3) is 0.615. The van der Waals surface area contributed by atoms with Crippen molar-refractivity contribution in [3.63, 3.8) is 0 Å². The molecule has 0 amide bonds. The summed E-state index contributed by atoms with van der Waals surface area (Å²) in [6.45, 7) is 14.0. The fourth-order valence-corrected chi connectivity index (χ4v) is 4.03. The molecule has 1 unspecified atom stereocenters. The maximum absolute atomic E-state index is 13.5. The van der Waals surface area contributed by atoms with Crippen LogP contribution in [-0.2, 0) is 30.4 Å². The zero-order chi connectivity index (χ0) is 26.2. The van der Waals surface area contributed by atoms with Gasteiger partial charge in [0, 0.05) is 5.56 Å². The van der Waals surface area contributed by atoms with Crippen molar-refractivity contribution in [1.82, 2.24) is 14.9 Å². The normalized spacial score (nSPS) is 13.5. The van der Waals surface area contributed by atoms with E-state index >= 15 is 0 Å². The fourth-order valence-electron chi connectivity index (χ4n) is 4.03. The van der Waals surface area contributed by atoms with Gasteiger partial charge in [-0.3, -0.25) is 4.90 Å². The van der Waals surface area contributed by atoms with Crippen molar-refractivity contribution in [3.8, 4) is 0 Å². The Morgan fingerprint density at radius 2 is 1.60 bits per heavy atom. The van der Waals surface area contributed by atoms with Crippen LogP contribution in [0.15, 0.2) is 18.2 Å². The highest BCUT2D eigenvalue weighted by molar-refractivity contribution is 6.05. The predicted octanol–water partition coefficient (Wildman–Crippen LogP) is 4.40. The van der Waals surface area contributed by atoms with Gasteiger partial charge in [-0.05, 0) is 66.1 Å². The third-order valence-electron chi connectivity index (χ3n) is 5.54. The van der Waals surface area contributed by atoms with Gasteiger partial charge in [0.15, 0.2) is 0 Å². The van der Waals surface area contributed by atoms with Gasteiger partial charge >= 0.3 is 17.9 Å². The second-order valence-corrected chi connectivity index (χ2v) is 9.40. The first kappa shape index (κ1) is 28.3. The van der Waals surface area contributed by atoms with Crippen molar-refractivity contribution in [2.75, 3.05) is 19.7 Å². The molecule has 0 aliphatic rings. The van der Waals surface area contributed by atoms with Gasteiger partial charge in [0.25, 0.3) is 0 Å². The van der Waals surface area contributed by atoms with Gasteiger partial charge in [-0.15, -0.1) is 0 Å². The first-order chi connectivity index (χ1) is 16.5. The molecule has 35 heavy (non-hydrogen) atoms. The molecule has 1 aromatic heterocycles. The number of aromatic amines is 1. The van der Waals surface area contributed by atoms with E-state index < -0.39 is 29.0 Å². The molecular weight excluding hydrogens is 450 g/mol. The van der Waals surface area contributed by atoms with Gasteiger partial charge in [0.05, 0.1) is 17.6 Å². The summed E-state index contributed by atoms with van der Waals surface area (Å²) in [6, 6.07) is 5.32. The minimum atomic E-state index is -1.52. The van der Waals surface area contributed by atoms with E-state index in [9.17, 15) is 14.4 Å². The smallest absolute Gasteiger partial charge is 0.374 e. The Morgan fingerprint density at radius 3 is 2.14 bits per heavy atom. The molecule has 1 aromatic carbocycles. The molecule has 9 heteroatoms. The third-order valence-corrected chi connectivity index (χ3v) is 5.54. The van der Waals surface area contributed by atoms with Crippen LogP contribution in [-0.4, -0.2) is 63.6 Å². The second-order valence-electron chi connectivity index (χ2n) is 9.40. The molecule has 1 N–H and O–H groups in total. The van der Waals surface area contributed by atoms with Gasteiger partial charge in [-0.25, -0.2) is 19.4 Å². The molecule has 0 saturated heterocycles. The summed E-state index contributed by atoms with van der Waals surface area (Å²) < 4.78 is 16.5. The standard InChI is InChI=1S/C26H39N3O6/c1-8-15-29(16-9-2)26(10-3,23(31)33-11-4)24(32)34-17-18-13-12-14-19-20(18)28-21(27-19)22(30)35-25(5,6)7/h12-14H,8-11,15-17H2,1-7H3,(H,27,28). The number of carbonyl (C=O) groups is 3. The Kier molecular flexibility index (Phi) is 9.82. The Hall–Kier alpha value is -2.94. The summed E-state index contributed by atoms with van der Waals surface area (Å²) >= 11 is 0. The number of hydrogen-bond donors (Lipinski definition) is 1. The molecular formula is C26H39N3O6. The van der Waals surface area contributed by atoms with Crippen molar-refractivity contribution in [2.24, 2.45) is 0 Å². The molecule has 2 aromatic rings. The number of hydrogen-bond acceptors (Lipinski definition) is 8. The molecule has 0 fully saturated rings. The van der Waals surface area contributed by atoms with Crippen LogP contribution >= 0.6 is 0 Å². The topological polar surface area (TPSA) is 111 Å². The molecule has 0 aliphatic heterocycles. The van der Waals surface area contributed by atoms with Gasteiger partial charge in [0.2, 0.25) is 11.4 Å². The van der Waals surface area contributed by atoms with E-state index in [2.05, 4.69) is 9.97 Å². The number of imidazole rings is 1. The molecule has 0 bridgehead atoms. The van der Waals surface area contributed by atoms with E-state index in [-0.39, 0.29) is 25.5 Å². The number of nitrogens with zero attached hydrogens (tertiary/aromatic N) is 2. The lowest BCUT2D eigenvalue weighted by atomic mass is 9.92. The van der Waals surface area contributed by atoms with Crippen molar-refractivity contribution in [3.05, 3.63) is 29.6 Å². The maximum Gasteiger partial charge on any atom is 0.374 e. The summed E-state index contributed by atoms with van der Waals surface area (Å²) in [7, 11) is 0. The predicted molar refractivity (Wildman–Crippen MR) is 133 cm³/mol. The van der Waals surface area contributed by atoms with Crippen LogP contribution in [0.1, 0.15) is 83.9 Å². The van der Waals surface area contributed by atoms with E-state index in [1.165, 1.54) is 0 Å². The van der Waals surface area contributed by atoms with Crippen LogP contribution in [0.2, 0.25) is 0 Å². The number of carbonyl (C=O) groups excluding carboxylic acids is 3. The first-order valence-electron chi connectivity index (χ1n) is 12.3. The lowest BCUT2D eigenvalue weighted by Gasteiger charge is -2.38. The highest BCUT2D eigenvalue weighted by Crippen LogP contribution is 2.27. The number of esters is 3.